The van der Waals surface area contributed by atoms with E-state index >= 15 is 0 Å². The lowest BCUT2D eigenvalue weighted by Gasteiger charge is -2.11. The van der Waals surface area contributed by atoms with Gasteiger partial charge >= 0.3 is 5.69 Å². The van der Waals surface area contributed by atoms with Gasteiger partial charge in [-0.3, -0.25) is 13.9 Å². The number of nitrogens with zero attached hydrogens (tertiary/aromatic N) is 4. The number of nitrogens with one attached hydrogen (secondary N) is 1. The molecule has 8 heteroatoms. The molecular weight excluding hydrogens is 322 g/mol. The Balaban J connectivity index is 1.74. The Bertz CT molecular complexity index is 960. The predicted octanol–water partition coefficient (Wildman–Crippen LogP) is 0.845. The number of hydrogen-bond acceptors (Lipinski definition) is 5. The number of aromatic nitrogens is 4. The zero-order chi connectivity index (χ0) is 17.8. The highest BCUT2D eigenvalue weighted by Crippen LogP contribution is 2.17. The van der Waals surface area contributed by atoms with Gasteiger partial charge in [-0.05, 0) is 13.0 Å². The Morgan fingerprint density at radius 2 is 2.12 bits per heavy atom. The minimum absolute atomic E-state index is 0.0969. The van der Waals surface area contributed by atoms with E-state index in [1.165, 1.54) is 21.7 Å². The minimum Gasteiger partial charge on any atom is -0.494 e. The molecule has 0 aliphatic heterocycles. The van der Waals surface area contributed by atoms with Crippen LogP contribution in [0.4, 0.5) is 0 Å². The Labute approximate surface area is 144 Å². The number of hydrogen-bond donors (Lipinski definition) is 1. The molecule has 3 rings (SSSR count). The van der Waals surface area contributed by atoms with Crippen molar-refractivity contribution in [2.75, 3.05) is 6.61 Å². The highest BCUT2D eigenvalue weighted by atomic mass is 16.5. The Morgan fingerprint density at radius 3 is 2.92 bits per heavy atom. The number of benzene rings is 1. The maximum atomic E-state index is 12.3. The smallest absolute Gasteiger partial charge is 0.330 e. The van der Waals surface area contributed by atoms with Crippen LogP contribution in [0.1, 0.15) is 12.5 Å². The molecule has 130 valence electrons. The van der Waals surface area contributed by atoms with Crippen molar-refractivity contribution in [2.24, 2.45) is 7.05 Å². The average molecular weight is 341 g/mol. The maximum absolute atomic E-state index is 12.3. The molecule has 0 radical (unpaired) electrons. The minimum atomic E-state index is -0.305. The lowest BCUT2D eigenvalue weighted by atomic mass is 10.2. The summed E-state index contributed by atoms with van der Waals surface area (Å²) < 4.78 is 8.30. The van der Waals surface area contributed by atoms with Crippen LogP contribution in [0.15, 0.2) is 41.6 Å². The van der Waals surface area contributed by atoms with E-state index in [0.29, 0.717) is 24.3 Å². The van der Waals surface area contributed by atoms with E-state index in [-0.39, 0.29) is 18.1 Å². The van der Waals surface area contributed by atoms with Crippen molar-refractivity contribution in [1.82, 2.24) is 24.4 Å². The van der Waals surface area contributed by atoms with Gasteiger partial charge in [-0.1, -0.05) is 18.2 Å². The fourth-order valence-electron chi connectivity index (χ4n) is 2.63. The van der Waals surface area contributed by atoms with Crippen LogP contribution in [0.3, 0.4) is 0 Å². The summed E-state index contributed by atoms with van der Waals surface area (Å²) in [4.78, 5) is 32.6. The fourth-order valence-corrected chi connectivity index (χ4v) is 2.63. The summed E-state index contributed by atoms with van der Waals surface area (Å²) in [5, 5.41) is 2.82. The largest absolute Gasteiger partial charge is 0.494 e. The van der Waals surface area contributed by atoms with Crippen LogP contribution in [-0.2, 0) is 24.9 Å². The second-order valence-corrected chi connectivity index (χ2v) is 5.48. The molecule has 1 aromatic carbocycles. The number of fused-ring (bicyclic) bond motifs is 1. The molecule has 0 spiro atoms. The summed E-state index contributed by atoms with van der Waals surface area (Å²) in [7, 11) is 1.62. The molecule has 0 aliphatic rings. The summed E-state index contributed by atoms with van der Waals surface area (Å²) >= 11 is 0. The van der Waals surface area contributed by atoms with Crippen molar-refractivity contribution in [1.29, 1.82) is 0 Å². The van der Waals surface area contributed by atoms with Gasteiger partial charge in [0.1, 0.15) is 24.1 Å². The third-order valence-corrected chi connectivity index (χ3v) is 3.85. The topological polar surface area (TPSA) is 91.0 Å². The van der Waals surface area contributed by atoms with Gasteiger partial charge in [0.15, 0.2) is 5.65 Å². The molecule has 1 amide bonds. The predicted molar refractivity (Wildman–Crippen MR) is 92.2 cm³/mol. The molecule has 25 heavy (non-hydrogen) atoms. The van der Waals surface area contributed by atoms with Crippen molar-refractivity contribution >= 4 is 17.1 Å². The number of carbonyl (C=O) groups excluding carboxylic acids is 1. The van der Waals surface area contributed by atoms with Gasteiger partial charge in [0, 0.05) is 19.2 Å². The number of amides is 1. The van der Waals surface area contributed by atoms with E-state index in [1.807, 2.05) is 31.2 Å². The third kappa shape index (κ3) is 3.37. The van der Waals surface area contributed by atoms with Crippen molar-refractivity contribution in [3.63, 3.8) is 0 Å². The molecule has 3 aromatic rings. The number of carbonyl (C=O) groups is 1. The van der Waals surface area contributed by atoms with Crippen LogP contribution in [0.2, 0.25) is 0 Å². The van der Waals surface area contributed by atoms with Crippen LogP contribution >= 0.6 is 0 Å². The van der Waals surface area contributed by atoms with Gasteiger partial charge in [-0.25, -0.2) is 14.8 Å². The van der Waals surface area contributed by atoms with E-state index < -0.39 is 0 Å². The number of rotatable bonds is 6. The molecule has 0 saturated heterocycles. The number of aryl methyl sites for hydroxylation is 1. The summed E-state index contributed by atoms with van der Waals surface area (Å²) in [6.07, 6.45) is 2.90. The first-order chi connectivity index (χ1) is 12.1. The van der Waals surface area contributed by atoms with Gasteiger partial charge in [-0.15, -0.1) is 0 Å². The van der Waals surface area contributed by atoms with Crippen molar-refractivity contribution in [2.45, 2.75) is 20.0 Å². The summed E-state index contributed by atoms with van der Waals surface area (Å²) in [6, 6.07) is 7.52. The van der Waals surface area contributed by atoms with E-state index in [4.69, 9.17) is 4.74 Å². The van der Waals surface area contributed by atoms with Crippen LogP contribution in [-0.4, -0.2) is 31.6 Å². The van der Waals surface area contributed by atoms with Gasteiger partial charge in [0.05, 0.1) is 12.8 Å². The molecule has 0 fully saturated rings. The van der Waals surface area contributed by atoms with Crippen molar-refractivity contribution in [3.05, 3.63) is 52.8 Å². The van der Waals surface area contributed by atoms with Gasteiger partial charge in [0.25, 0.3) is 0 Å². The molecule has 0 saturated carbocycles. The number of ether oxygens (including phenoxy) is 1. The number of imidazole rings is 1. The van der Waals surface area contributed by atoms with Crippen LogP contribution in [0.25, 0.3) is 11.2 Å². The molecular formula is C17H19N5O3. The van der Waals surface area contributed by atoms with Crippen LogP contribution in [0, 0.1) is 0 Å². The van der Waals surface area contributed by atoms with Gasteiger partial charge < -0.3 is 10.1 Å². The van der Waals surface area contributed by atoms with E-state index in [1.54, 1.807) is 7.05 Å². The first-order valence-corrected chi connectivity index (χ1v) is 7.94. The molecule has 1 N–H and O–H groups in total. The van der Waals surface area contributed by atoms with Gasteiger partial charge in [0.2, 0.25) is 5.91 Å². The monoisotopic (exact) mass is 341 g/mol. The fraction of sp³-hybridized carbons (Fsp3) is 0.294. The quantitative estimate of drug-likeness (QED) is 0.718. The summed E-state index contributed by atoms with van der Waals surface area (Å²) in [5.41, 5.74) is 1.60. The molecule has 8 nitrogen and oxygen atoms in total. The molecule has 2 aromatic heterocycles. The van der Waals surface area contributed by atoms with Gasteiger partial charge in [-0.2, -0.15) is 0 Å². The normalized spacial score (nSPS) is 10.8. The maximum Gasteiger partial charge on any atom is 0.330 e. The molecule has 0 unspecified atom stereocenters. The van der Waals surface area contributed by atoms with Crippen LogP contribution in [0.5, 0.6) is 5.75 Å². The Morgan fingerprint density at radius 1 is 1.32 bits per heavy atom. The number of para-hydroxylation sites is 1. The third-order valence-electron chi connectivity index (χ3n) is 3.85. The SMILES string of the molecule is CCOc1ccccc1CNC(=O)Cn1c(=O)n(C)c2ncncc21. The average Bonchev–Trinajstić information content (AvgIpc) is 2.87. The zero-order valence-electron chi connectivity index (χ0n) is 14.1. The van der Waals surface area contributed by atoms with E-state index in [0.717, 1.165) is 11.3 Å². The Kier molecular flexibility index (Phi) is 4.78. The second kappa shape index (κ2) is 7.16. The van der Waals surface area contributed by atoms with Crippen LogP contribution < -0.4 is 15.7 Å². The van der Waals surface area contributed by atoms with E-state index in [2.05, 4.69) is 15.3 Å². The Hall–Kier alpha value is -3.16. The first-order valence-electron chi connectivity index (χ1n) is 7.94. The first kappa shape index (κ1) is 16.7. The molecule has 0 atom stereocenters. The van der Waals surface area contributed by atoms with Crippen molar-refractivity contribution in [3.8, 4) is 5.75 Å². The standard InChI is InChI=1S/C17H19N5O3/c1-3-25-14-7-5-4-6-12(14)8-19-15(23)10-22-13-9-18-11-20-16(13)21(2)17(22)24/h4-7,9,11H,3,8,10H2,1-2H3,(H,19,23). The highest BCUT2D eigenvalue weighted by Gasteiger charge is 2.14. The lowest BCUT2D eigenvalue weighted by Crippen LogP contribution is -2.32. The second-order valence-electron chi connectivity index (χ2n) is 5.48. The molecule has 0 aliphatic carbocycles. The highest BCUT2D eigenvalue weighted by molar-refractivity contribution is 5.78. The summed E-state index contributed by atoms with van der Waals surface area (Å²) in [6.45, 7) is 2.69. The zero-order valence-corrected chi connectivity index (χ0v) is 14.1. The molecule has 2 heterocycles. The van der Waals surface area contributed by atoms with Crippen molar-refractivity contribution < 1.29 is 9.53 Å². The summed E-state index contributed by atoms with van der Waals surface area (Å²) in [5.74, 6) is 0.464. The molecule has 0 bridgehead atoms. The lowest BCUT2D eigenvalue weighted by molar-refractivity contribution is -0.121. The van der Waals surface area contributed by atoms with E-state index in [9.17, 15) is 9.59 Å².